The number of rotatable bonds is 5. The third-order valence-electron chi connectivity index (χ3n) is 0.971. The average Bonchev–Trinajstić information content (AvgIpc) is 1.91. The van der Waals surface area contributed by atoms with Gasteiger partial charge in [-0.3, -0.25) is 0 Å². The first-order valence-corrected chi connectivity index (χ1v) is 4.30. The Kier molecular flexibility index (Phi) is 6.29. The molecular formula is C5H13NO2Si. The van der Waals surface area contributed by atoms with Gasteiger partial charge in [-0.15, -0.1) is 0 Å². The maximum Gasteiger partial charge on any atom is 0.168 e. The molecule has 54 valence electrons. The summed E-state index contributed by atoms with van der Waals surface area (Å²) in [5, 5.41) is 0. The predicted molar refractivity (Wildman–Crippen MR) is 37.4 cm³/mol. The van der Waals surface area contributed by atoms with Crippen LogP contribution in [0, 0.1) is 0 Å². The smallest absolute Gasteiger partial charge is 0.168 e. The van der Waals surface area contributed by atoms with Crippen molar-refractivity contribution >= 4 is 9.68 Å². The highest BCUT2D eigenvalue weighted by Crippen LogP contribution is 1.85. The maximum atomic E-state index is 4.92. The zero-order valence-corrected chi connectivity index (χ0v) is 7.10. The Morgan fingerprint density at radius 3 is 2.33 bits per heavy atom. The lowest BCUT2D eigenvalue weighted by Gasteiger charge is -2.12. The van der Waals surface area contributed by atoms with Gasteiger partial charge in [-0.25, -0.2) is 0 Å². The fourth-order valence-electron chi connectivity index (χ4n) is 0.448. The predicted octanol–water partition coefficient (Wildman–Crippen LogP) is -0.138. The standard InChI is InChI=1S/C5H13NO2Si/c1-7-5(8-2)4-6-9-3/h5-6H,4H2,1-3H3. The summed E-state index contributed by atoms with van der Waals surface area (Å²) in [6.07, 6.45) is -0.0996. The minimum absolute atomic E-state index is 0.0996. The lowest BCUT2D eigenvalue weighted by atomic mass is 10.6. The molecular weight excluding hydrogens is 134 g/mol. The quantitative estimate of drug-likeness (QED) is 0.434. The number of methoxy groups -OCH3 is 2. The van der Waals surface area contributed by atoms with Crippen molar-refractivity contribution in [2.45, 2.75) is 12.8 Å². The van der Waals surface area contributed by atoms with Crippen LogP contribution in [-0.2, 0) is 9.47 Å². The van der Waals surface area contributed by atoms with Crippen LogP contribution < -0.4 is 4.98 Å². The summed E-state index contributed by atoms with van der Waals surface area (Å²) >= 11 is 0. The molecule has 0 aliphatic carbocycles. The molecule has 9 heavy (non-hydrogen) atoms. The van der Waals surface area contributed by atoms with E-state index in [2.05, 4.69) is 11.5 Å². The van der Waals surface area contributed by atoms with Gasteiger partial charge in [-0.05, 0) is 0 Å². The van der Waals surface area contributed by atoms with Crippen LogP contribution in [0.3, 0.4) is 0 Å². The summed E-state index contributed by atoms with van der Waals surface area (Å²) in [5.74, 6) is 0. The molecule has 2 radical (unpaired) electrons. The number of hydrogen-bond donors (Lipinski definition) is 1. The highest BCUT2D eigenvalue weighted by molar-refractivity contribution is 6.29. The summed E-state index contributed by atoms with van der Waals surface area (Å²) in [6, 6.07) is 0. The first-order valence-electron chi connectivity index (χ1n) is 2.80. The van der Waals surface area contributed by atoms with Gasteiger partial charge in [0.05, 0.1) is 0 Å². The molecule has 0 spiro atoms. The molecule has 0 fully saturated rings. The molecule has 4 heteroatoms. The Morgan fingerprint density at radius 2 is 2.00 bits per heavy atom. The van der Waals surface area contributed by atoms with E-state index in [4.69, 9.17) is 9.47 Å². The minimum Gasteiger partial charge on any atom is -0.355 e. The molecule has 0 heterocycles. The van der Waals surface area contributed by atoms with Crippen molar-refractivity contribution in [1.82, 2.24) is 4.98 Å². The first kappa shape index (κ1) is 9.10. The lowest BCUT2D eigenvalue weighted by Crippen LogP contribution is -2.30. The Labute approximate surface area is 58.6 Å². The van der Waals surface area contributed by atoms with E-state index in [0.29, 0.717) is 0 Å². The summed E-state index contributed by atoms with van der Waals surface area (Å²) < 4.78 is 9.84. The van der Waals surface area contributed by atoms with Gasteiger partial charge in [-0.2, -0.15) is 0 Å². The van der Waals surface area contributed by atoms with Gasteiger partial charge in [0.1, 0.15) is 9.68 Å². The summed E-state index contributed by atoms with van der Waals surface area (Å²) in [4.78, 5) is 3.13. The van der Waals surface area contributed by atoms with Gasteiger partial charge >= 0.3 is 0 Å². The normalized spacial score (nSPS) is 10.7. The zero-order valence-electron chi connectivity index (χ0n) is 6.10. The van der Waals surface area contributed by atoms with Crippen LogP contribution in [0.5, 0.6) is 0 Å². The van der Waals surface area contributed by atoms with E-state index in [1.807, 2.05) is 0 Å². The van der Waals surface area contributed by atoms with Crippen molar-refractivity contribution in [1.29, 1.82) is 0 Å². The van der Waals surface area contributed by atoms with Crippen LogP contribution in [0.15, 0.2) is 0 Å². The third-order valence-corrected chi connectivity index (χ3v) is 1.53. The van der Waals surface area contributed by atoms with Gasteiger partial charge in [-0.1, -0.05) is 6.55 Å². The van der Waals surface area contributed by atoms with E-state index < -0.39 is 0 Å². The fraction of sp³-hybridized carbons (Fsp3) is 1.00. The second-order valence-electron chi connectivity index (χ2n) is 1.53. The van der Waals surface area contributed by atoms with Crippen molar-refractivity contribution < 1.29 is 9.47 Å². The third kappa shape index (κ3) is 4.59. The van der Waals surface area contributed by atoms with E-state index in [1.54, 1.807) is 14.2 Å². The minimum atomic E-state index is -0.0996. The second kappa shape index (κ2) is 6.22. The van der Waals surface area contributed by atoms with Crippen molar-refractivity contribution in [3.63, 3.8) is 0 Å². The molecule has 0 aromatic rings. The molecule has 0 bridgehead atoms. The molecule has 0 aromatic heterocycles. The van der Waals surface area contributed by atoms with Crippen LogP contribution in [0.1, 0.15) is 0 Å². The Bertz CT molecular complexity index is 58.9. The van der Waals surface area contributed by atoms with Crippen LogP contribution in [-0.4, -0.2) is 36.7 Å². The summed E-state index contributed by atoms with van der Waals surface area (Å²) in [7, 11) is 4.01. The van der Waals surface area contributed by atoms with Gasteiger partial charge in [0.2, 0.25) is 0 Å². The highest BCUT2D eigenvalue weighted by Gasteiger charge is 2.00. The molecule has 0 saturated heterocycles. The number of nitrogens with one attached hydrogen (secondary N) is 1. The van der Waals surface area contributed by atoms with Crippen molar-refractivity contribution in [2.75, 3.05) is 20.8 Å². The average molecular weight is 147 g/mol. The first-order chi connectivity index (χ1) is 4.35. The SMILES string of the molecule is COC(CN[Si]C)OC. The van der Waals surface area contributed by atoms with E-state index in [0.717, 1.165) is 16.2 Å². The topological polar surface area (TPSA) is 30.5 Å². The molecule has 0 aromatic carbocycles. The van der Waals surface area contributed by atoms with Crippen LogP contribution in [0.4, 0.5) is 0 Å². The summed E-state index contributed by atoms with van der Waals surface area (Å²) in [6.45, 7) is 2.84. The number of hydrogen-bond acceptors (Lipinski definition) is 3. The molecule has 3 nitrogen and oxygen atoms in total. The van der Waals surface area contributed by atoms with Crippen molar-refractivity contribution in [3.8, 4) is 0 Å². The Morgan fingerprint density at radius 1 is 1.44 bits per heavy atom. The van der Waals surface area contributed by atoms with Gasteiger partial charge in [0.15, 0.2) is 6.29 Å². The lowest BCUT2D eigenvalue weighted by molar-refractivity contribution is -0.0961. The van der Waals surface area contributed by atoms with Crippen LogP contribution in [0.2, 0.25) is 6.55 Å². The zero-order chi connectivity index (χ0) is 7.11. The molecule has 0 atom stereocenters. The van der Waals surface area contributed by atoms with Crippen molar-refractivity contribution in [3.05, 3.63) is 0 Å². The van der Waals surface area contributed by atoms with E-state index in [1.165, 1.54) is 0 Å². The van der Waals surface area contributed by atoms with Gasteiger partial charge in [0, 0.05) is 20.8 Å². The molecule has 0 amide bonds. The van der Waals surface area contributed by atoms with Gasteiger partial charge in [0.25, 0.3) is 0 Å². The van der Waals surface area contributed by atoms with E-state index in [-0.39, 0.29) is 6.29 Å². The van der Waals surface area contributed by atoms with Crippen LogP contribution in [0.25, 0.3) is 0 Å². The fourth-order valence-corrected chi connectivity index (χ4v) is 0.819. The molecule has 0 aliphatic heterocycles. The molecule has 1 N–H and O–H groups in total. The highest BCUT2D eigenvalue weighted by atomic mass is 28.2. The maximum absolute atomic E-state index is 4.92. The summed E-state index contributed by atoms with van der Waals surface area (Å²) in [5.41, 5.74) is 0. The Balaban J connectivity index is 3.09. The molecule has 0 aliphatic rings. The Hall–Kier alpha value is 0.0969. The van der Waals surface area contributed by atoms with Crippen LogP contribution >= 0.6 is 0 Å². The number of ether oxygens (including phenoxy) is 2. The van der Waals surface area contributed by atoms with E-state index in [9.17, 15) is 0 Å². The second-order valence-corrected chi connectivity index (χ2v) is 2.39. The molecule has 0 rings (SSSR count). The van der Waals surface area contributed by atoms with Crippen molar-refractivity contribution in [2.24, 2.45) is 0 Å². The van der Waals surface area contributed by atoms with Gasteiger partial charge < -0.3 is 14.5 Å². The monoisotopic (exact) mass is 147 g/mol. The molecule has 0 unspecified atom stereocenters. The molecule has 0 saturated carbocycles. The van der Waals surface area contributed by atoms with E-state index >= 15 is 0 Å². The largest absolute Gasteiger partial charge is 0.355 e.